The number of anilines is 2. The molecule has 0 aliphatic carbocycles. The summed E-state index contributed by atoms with van der Waals surface area (Å²) in [7, 11) is 1.52. The van der Waals surface area contributed by atoms with E-state index in [0.717, 1.165) is 16.8 Å². The zero-order valence-electron chi connectivity index (χ0n) is 20.1. The number of amides is 1. The maximum Gasteiger partial charge on any atom is 0.255 e. The molecule has 34 heavy (non-hydrogen) atoms. The Morgan fingerprint density at radius 1 is 0.941 bits per heavy atom. The number of rotatable bonds is 10. The first-order valence-electron chi connectivity index (χ1n) is 11.0. The van der Waals surface area contributed by atoms with E-state index in [1.807, 2.05) is 45.9 Å². The maximum absolute atomic E-state index is 13.2. The normalized spacial score (nSPS) is 11.5. The lowest BCUT2D eigenvalue weighted by atomic mass is 10.1. The molecule has 7 nitrogen and oxygen atoms in total. The quantitative estimate of drug-likeness (QED) is 0.371. The Morgan fingerprint density at radius 3 is 2.12 bits per heavy atom. The molecular weight excluding hydrogens is 452 g/mol. The Hall–Kier alpha value is -3.36. The third-order valence-corrected chi connectivity index (χ3v) is 6.17. The summed E-state index contributed by atoms with van der Waals surface area (Å²) in [6.07, 6.45) is 0. The summed E-state index contributed by atoms with van der Waals surface area (Å²) in [6, 6.07) is 15.9. The van der Waals surface area contributed by atoms with Crippen LogP contribution in [0.4, 0.5) is 11.4 Å². The molecule has 3 aromatic rings. The van der Waals surface area contributed by atoms with Gasteiger partial charge in [-0.05, 0) is 63.1 Å². The van der Waals surface area contributed by atoms with E-state index in [9.17, 15) is 9.35 Å². The number of benzene rings is 3. The first kappa shape index (κ1) is 25.3. The molecule has 8 heteroatoms. The number of methoxy groups -OCH3 is 1. The fourth-order valence-electron chi connectivity index (χ4n) is 3.43. The van der Waals surface area contributed by atoms with E-state index in [4.69, 9.17) is 14.2 Å². The largest absolute Gasteiger partial charge is 0.588 e. The van der Waals surface area contributed by atoms with E-state index < -0.39 is 11.4 Å². The summed E-state index contributed by atoms with van der Waals surface area (Å²) in [5.41, 5.74) is 3.64. The topological polar surface area (TPSA) is 91.9 Å². The van der Waals surface area contributed by atoms with Crippen LogP contribution < -0.4 is 24.2 Å². The molecule has 0 bridgehead atoms. The predicted molar refractivity (Wildman–Crippen MR) is 136 cm³/mol. The molecule has 0 aromatic heterocycles. The van der Waals surface area contributed by atoms with Gasteiger partial charge in [-0.2, -0.15) is 0 Å². The number of para-hydroxylation sites is 1. The van der Waals surface area contributed by atoms with E-state index in [-0.39, 0.29) is 5.91 Å². The van der Waals surface area contributed by atoms with Gasteiger partial charge in [0.15, 0.2) is 5.75 Å². The van der Waals surface area contributed by atoms with Gasteiger partial charge in [0, 0.05) is 23.4 Å². The van der Waals surface area contributed by atoms with Crippen molar-refractivity contribution in [3.05, 3.63) is 71.3 Å². The average Bonchev–Trinajstić information content (AvgIpc) is 2.81. The Kier molecular flexibility index (Phi) is 8.67. The van der Waals surface area contributed by atoms with Crippen LogP contribution in [0.25, 0.3) is 0 Å². The summed E-state index contributed by atoms with van der Waals surface area (Å²) in [5.74, 6) is 1.21. The van der Waals surface area contributed by atoms with Crippen LogP contribution in [0.2, 0.25) is 0 Å². The van der Waals surface area contributed by atoms with Crippen molar-refractivity contribution in [2.75, 3.05) is 30.4 Å². The maximum atomic E-state index is 13.2. The van der Waals surface area contributed by atoms with Gasteiger partial charge in [-0.25, -0.2) is 4.72 Å². The zero-order valence-corrected chi connectivity index (χ0v) is 20.9. The van der Waals surface area contributed by atoms with Crippen LogP contribution in [0.15, 0.2) is 59.5 Å². The Labute approximate surface area is 203 Å². The number of nitrogens with one attached hydrogen (secondary N) is 2. The third-order valence-electron chi connectivity index (χ3n) is 5.06. The van der Waals surface area contributed by atoms with E-state index in [0.29, 0.717) is 46.6 Å². The minimum atomic E-state index is -1.61. The minimum absolute atomic E-state index is 0.341. The van der Waals surface area contributed by atoms with Crippen molar-refractivity contribution < 1.29 is 23.6 Å². The molecule has 0 spiro atoms. The fraction of sp³-hybridized carbons (Fsp3) is 0.269. The van der Waals surface area contributed by atoms with E-state index >= 15 is 0 Å². The molecule has 2 N–H and O–H groups in total. The molecule has 0 saturated heterocycles. The van der Waals surface area contributed by atoms with Gasteiger partial charge in [-0.15, -0.1) is 0 Å². The van der Waals surface area contributed by atoms with Crippen molar-refractivity contribution in [3.63, 3.8) is 0 Å². The third kappa shape index (κ3) is 6.15. The molecular formula is C26H30N2O5S. The molecule has 1 amide bonds. The second-order valence-corrected chi connectivity index (χ2v) is 8.70. The van der Waals surface area contributed by atoms with E-state index in [1.54, 1.807) is 36.4 Å². The second-order valence-electron chi connectivity index (χ2n) is 7.52. The SMILES string of the molecule is CCOc1cc(OCC)cc(C(=O)Nc2ccc(OC)c([S+]([O-])Nc3c(C)cccc3C)c2)c1. The molecule has 3 aromatic carbocycles. The molecule has 180 valence electrons. The van der Waals surface area contributed by atoms with Crippen LogP contribution in [-0.4, -0.2) is 30.8 Å². The number of hydrogen-bond acceptors (Lipinski definition) is 6. The number of carbonyl (C=O) groups excluding carboxylic acids is 1. The summed E-state index contributed by atoms with van der Waals surface area (Å²) in [4.78, 5) is 13.4. The van der Waals surface area contributed by atoms with Crippen LogP contribution >= 0.6 is 0 Å². The van der Waals surface area contributed by atoms with Crippen molar-refractivity contribution in [2.45, 2.75) is 32.6 Å². The number of ether oxygens (including phenoxy) is 3. The minimum Gasteiger partial charge on any atom is -0.588 e. The van der Waals surface area contributed by atoms with Crippen molar-refractivity contribution >= 4 is 28.6 Å². The lowest BCUT2D eigenvalue weighted by Gasteiger charge is -2.18. The summed E-state index contributed by atoms with van der Waals surface area (Å²) < 4.78 is 32.8. The van der Waals surface area contributed by atoms with Crippen LogP contribution in [0.1, 0.15) is 35.3 Å². The highest BCUT2D eigenvalue weighted by Gasteiger charge is 2.21. The van der Waals surface area contributed by atoms with Gasteiger partial charge in [0.25, 0.3) is 5.91 Å². The van der Waals surface area contributed by atoms with Gasteiger partial charge >= 0.3 is 0 Å². The molecule has 0 radical (unpaired) electrons. The molecule has 0 aliphatic rings. The second kappa shape index (κ2) is 11.7. The molecule has 0 heterocycles. The smallest absolute Gasteiger partial charge is 0.255 e. The van der Waals surface area contributed by atoms with Gasteiger partial charge < -0.3 is 24.1 Å². The lowest BCUT2D eigenvalue weighted by Crippen LogP contribution is -2.17. The summed E-state index contributed by atoms with van der Waals surface area (Å²) >= 11 is -1.61. The van der Waals surface area contributed by atoms with E-state index in [1.165, 1.54) is 7.11 Å². The molecule has 1 unspecified atom stereocenters. The van der Waals surface area contributed by atoms with Gasteiger partial charge in [0.2, 0.25) is 4.90 Å². The Bertz CT molecular complexity index is 1110. The van der Waals surface area contributed by atoms with Crippen LogP contribution in [0, 0.1) is 13.8 Å². The molecule has 0 aliphatic heterocycles. The lowest BCUT2D eigenvalue weighted by molar-refractivity contribution is 0.102. The monoisotopic (exact) mass is 482 g/mol. The van der Waals surface area contributed by atoms with Crippen molar-refractivity contribution in [3.8, 4) is 17.2 Å². The Balaban J connectivity index is 1.86. The highest BCUT2D eigenvalue weighted by atomic mass is 32.2. The van der Waals surface area contributed by atoms with Crippen LogP contribution in [0.5, 0.6) is 17.2 Å². The highest BCUT2D eigenvalue weighted by Crippen LogP contribution is 2.31. The van der Waals surface area contributed by atoms with Crippen LogP contribution in [0.3, 0.4) is 0 Å². The molecule has 0 saturated carbocycles. The number of aryl methyl sites for hydroxylation is 2. The molecule has 0 fully saturated rings. The highest BCUT2D eigenvalue weighted by molar-refractivity contribution is 7.92. The van der Waals surface area contributed by atoms with Gasteiger partial charge in [-0.1, -0.05) is 18.2 Å². The average molecular weight is 483 g/mol. The van der Waals surface area contributed by atoms with Crippen molar-refractivity contribution in [2.24, 2.45) is 0 Å². The standard InChI is InChI=1S/C26H30N2O5S/c1-6-32-21-13-19(14-22(16-21)33-7-2)26(29)27-20-11-12-23(31-5)24(15-20)34(30)28-25-17(3)9-8-10-18(25)4/h8-16,28H,6-7H2,1-5H3,(H,27,29). The summed E-state index contributed by atoms with van der Waals surface area (Å²) in [5, 5.41) is 2.86. The van der Waals surface area contributed by atoms with E-state index in [2.05, 4.69) is 10.0 Å². The number of hydrogen-bond donors (Lipinski definition) is 2. The first-order chi connectivity index (χ1) is 16.4. The molecule has 1 atom stereocenters. The van der Waals surface area contributed by atoms with Crippen molar-refractivity contribution in [1.29, 1.82) is 0 Å². The Morgan fingerprint density at radius 2 is 1.56 bits per heavy atom. The van der Waals surface area contributed by atoms with Gasteiger partial charge in [-0.3, -0.25) is 4.79 Å². The fourth-order valence-corrected chi connectivity index (χ4v) is 4.61. The summed E-state index contributed by atoms with van der Waals surface area (Å²) in [6.45, 7) is 8.59. The van der Waals surface area contributed by atoms with Crippen LogP contribution in [-0.2, 0) is 11.4 Å². The molecule has 3 rings (SSSR count). The first-order valence-corrected chi connectivity index (χ1v) is 12.2. The van der Waals surface area contributed by atoms with Crippen molar-refractivity contribution in [1.82, 2.24) is 0 Å². The van der Waals surface area contributed by atoms with Gasteiger partial charge in [0.05, 0.1) is 26.0 Å². The number of carbonyl (C=O) groups is 1. The van der Waals surface area contributed by atoms with Gasteiger partial charge in [0.1, 0.15) is 22.9 Å². The zero-order chi connectivity index (χ0) is 24.7. The predicted octanol–water partition coefficient (Wildman–Crippen LogP) is 5.50.